The van der Waals surface area contributed by atoms with Crippen LogP contribution >= 0.6 is 0 Å². The molecule has 0 N–H and O–H groups in total. The van der Waals surface area contributed by atoms with Gasteiger partial charge in [0, 0.05) is 12.6 Å². The first-order valence-corrected chi connectivity index (χ1v) is 5.94. The van der Waals surface area contributed by atoms with Gasteiger partial charge in [0.1, 0.15) is 0 Å². The minimum absolute atomic E-state index is 0.221. The van der Waals surface area contributed by atoms with Crippen LogP contribution in [0, 0.1) is 0 Å². The fourth-order valence-corrected chi connectivity index (χ4v) is 1.44. The van der Waals surface area contributed by atoms with Gasteiger partial charge in [-0.1, -0.05) is 6.92 Å². The summed E-state index contributed by atoms with van der Waals surface area (Å²) in [5.41, 5.74) is 0.793. The minimum atomic E-state index is -0.221. The number of methoxy groups -OCH3 is 1. The lowest BCUT2D eigenvalue weighted by Crippen LogP contribution is -2.30. The highest BCUT2D eigenvalue weighted by Gasteiger charge is 2.11. The summed E-state index contributed by atoms with van der Waals surface area (Å²) < 4.78 is 9.85. The molecule has 1 rings (SSSR count). The number of hydrogen-bond donors (Lipinski definition) is 0. The van der Waals surface area contributed by atoms with Crippen molar-refractivity contribution in [2.45, 2.75) is 20.4 Å². The first kappa shape index (κ1) is 14.4. The Morgan fingerprint density at radius 3 is 2.61 bits per heavy atom. The number of likely N-dealkylation sites (N-methyl/N-ethyl adjacent to an activating group) is 1. The van der Waals surface area contributed by atoms with Crippen molar-refractivity contribution in [1.82, 2.24) is 15.1 Å². The third kappa shape index (κ3) is 4.67. The van der Waals surface area contributed by atoms with E-state index in [1.54, 1.807) is 20.1 Å². The number of esters is 1. The average molecular weight is 253 g/mol. The van der Waals surface area contributed by atoms with Crippen molar-refractivity contribution in [3.05, 3.63) is 17.8 Å². The average Bonchev–Trinajstić information content (AvgIpc) is 2.39. The number of nitrogens with zero attached hydrogens (tertiary/aromatic N) is 3. The maximum Gasteiger partial charge on any atom is 0.320 e. The Morgan fingerprint density at radius 1 is 1.33 bits per heavy atom. The number of hydrogen-bond acceptors (Lipinski definition) is 6. The SMILES string of the molecule is CCOC(=O)CN(CC)Cc1ccc(OC)nn1. The van der Waals surface area contributed by atoms with E-state index in [4.69, 9.17) is 9.47 Å². The van der Waals surface area contributed by atoms with Gasteiger partial charge in [0.05, 0.1) is 26.0 Å². The van der Waals surface area contributed by atoms with Gasteiger partial charge in [-0.2, -0.15) is 5.10 Å². The van der Waals surface area contributed by atoms with Crippen LogP contribution in [0.5, 0.6) is 5.88 Å². The van der Waals surface area contributed by atoms with Crippen LogP contribution in [-0.4, -0.2) is 47.9 Å². The summed E-state index contributed by atoms with van der Waals surface area (Å²) in [5.74, 6) is 0.257. The van der Waals surface area contributed by atoms with Crippen LogP contribution < -0.4 is 4.74 Å². The van der Waals surface area contributed by atoms with Crippen molar-refractivity contribution in [2.24, 2.45) is 0 Å². The lowest BCUT2D eigenvalue weighted by Gasteiger charge is -2.18. The molecular formula is C12H19N3O3. The molecule has 18 heavy (non-hydrogen) atoms. The summed E-state index contributed by atoms with van der Waals surface area (Å²) in [6.07, 6.45) is 0. The molecule has 0 radical (unpaired) electrons. The Balaban J connectivity index is 2.53. The van der Waals surface area contributed by atoms with Crippen LogP contribution in [0.15, 0.2) is 12.1 Å². The van der Waals surface area contributed by atoms with Crippen LogP contribution in [-0.2, 0) is 16.1 Å². The predicted octanol–water partition coefficient (Wildman–Crippen LogP) is 0.870. The normalized spacial score (nSPS) is 10.4. The standard InChI is InChI=1S/C12H19N3O3/c1-4-15(9-12(16)18-5-2)8-10-6-7-11(17-3)14-13-10/h6-7H,4-5,8-9H2,1-3H3. The maximum absolute atomic E-state index is 11.4. The summed E-state index contributed by atoms with van der Waals surface area (Å²) >= 11 is 0. The first-order valence-electron chi connectivity index (χ1n) is 5.94. The van der Waals surface area contributed by atoms with Crippen LogP contribution in [0.1, 0.15) is 19.5 Å². The molecule has 0 bridgehead atoms. The number of carbonyl (C=O) groups is 1. The molecule has 1 heterocycles. The summed E-state index contributed by atoms with van der Waals surface area (Å²) in [6, 6.07) is 3.58. The van der Waals surface area contributed by atoms with Gasteiger partial charge in [0.15, 0.2) is 0 Å². The predicted molar refractivity (Wildman–Crippen MR) is 66.2 cm³/mol. The van der Waals surface area contributed by atoms with Crippen LogP contribution in [0.4, 0.5) is 0 Å². The van der Waals surface area contributed by atoms with E-state index in [-0.39, 0.29) is 12.5 Å². The van der Waals surface area contributed by atoms with Gasteiger partial charge >= 0.3 is 5.97 Å². The van der Waals surface area contributed by atoms with E-state index in [9.17, 15) is 4.79 Å². The number of ether oxygens (including phenoxy) is 2. The molecule has 0 saturated heterocycles. The van der Waals surface area contributed by atoms with Gasteiger partial charge in [0.2, 0.25) is 5.88 Å². The highest BCUT2D eigenvalue weighted by Crippen LogP contribution is 2.06. The van der Waals surface area contributed by atoms with Crippen molar-refractivity contribution >= 4 is 5.97 Å². The van der Waals surface area contributed by atoms with Gasteiger partial charge in [-0.05, 0) is 19.5 Å². The Kier molecular flexibility index (Phi) is 6.07. The molecule has 1 aromatic heterocycles. The molecule has 0 aromatic carbocycles. The van der Waals surface area contributed by atoms with Gasteiger partial charge in [-0.15, -0.1) is 5.10 Å². The molecular weight excluding hydrogens is 234 g/mol. The van der Waals surface area contributed by atoms with E-state index in [1.165, 1.54) is 0 Å². The van der Waals surface area contributed by atoms with Gasteiger partial charge in [-0.25, -0.2) is 0 Å². The molecule has 0 aliphatic heterocycles. The first-order chi connectivity index (χ1) is 8.69. The molecule has 0 unspecified atom stereocenters. The Hall–Kier alpha value is -1.69. The van der Waals surface area contributed by atoms with Crippen molar-refractivity contribution in [1.29, 1.82) is 0 Å². The number of aromatic nitrogens is 2. The van der Waals surface area contributed by atoms with E-state index in [1.807, 2.05) is 17.9 Å². The van der Waals surface area contributed by atoms with E-state index >= 15 is 0 Å². The third-order valence-corrected chi connectivity index (χ3v) is 2.40. The van der Waals surface area contributed by atoms with Crippen LogP contribution in [0.3, 0.4) is 0 Å². The largest absolute Gasteiger partial charge is 0.480 e. The fourth-order valence-electron chi connectivity index (χ4n) is 1.44. The zero-order chi connectivity index (χ0) is 13.4. The van der Waals surface area contributed by atoms with Crippen LogP contribution in [0.25, 0.3) is 0 Å². The topological polar surface area (TPSA) is 64.5 Å². The smallest absolute Gasteiger partial charge is 0.320 e. The molecule has 100 valence electrons. The van der Waals surface area contributed by atoms with Gasteiger partial charge in [0.25, 0.3) is 0 Å². The Bertz CT molecular complexity index is 367. The zero-order valence-corrected chi connectivity index (χ0v) is 11.0. The van der Waals surface area contributed by atoms with E-state index in [0.717, 1.165) is 12.2 Å². The second-order valence-electron chi connectivity index (χ2n) is 3.68. The Morgan fingerprint density at radius 2 is 2.11 bits per heavy atom. The highest BCUT2D eigenvalue weighted by molar-refractivity contribution is 5.71. The summed E-state index contributed by atoms with van der Waals surface area (Å²) in [7, 11) is 1.54. The van der Waals surface area contributed by atoms with E-state index in [2.05, 4.69) is 10.2 Å². The fraction of sp³-hybridized carbons (Fsp3) is 0.583. The van der Waals surface area contributed by atoms with Gasteiger partial charge in [-0.3, -0.25) is 9.69 Å². The molecule has 0 atom stereocenters. The molecule has 0 fully saturated rings. The second-order valence-corrected chi connectivity index (χ2v) is 3.68. The highest BCUT2D eigenvalue weighted by atomic mass is 16.5. The Labute approximate surface area is 107 Å². The van der Waals surface area contributed by atoms with Crippen molar-refractivity contribution < 1.29 is 14.3 Å². The molecule has 0 aliphatic rings. The summed E-state index contributed by atoms with van der Waals surface area (Å²) in [4.78, 5) is 13.3. The van der Waals surface area contributed by atoms with Gasteiger partial charge < -0.3 is 9.47 Å². The minimum Gasteiger partial charge on any atom is -0.480 e. The lowest BCUT2D eigenvalue weighted by molar-refractivity contribution is -0.144. The van der Waals surface area contributed by atoms with E-state index < -0.39 is 0 Å². The summed E-state index contributed by atoms with van der Waals surface area (Å²) in [5, 5.41) is 7.91. The van der Waals surface area contributed by atoms with E-state index in [0.29, 0.717) is 19.0 Å². The molecule has 6 heteroatoms. The molecule has 0 aliphatic carbocycles. The number of rotatable bonds is 7. The monoisotopic (exact) mass is 253 g/mol. The molecule has 0 amide bonds. The maximum atomic E-state index is 11.4. The van der Waals surface area contributed by atoms with Crippen molar-refractivity contribution in [3.63, 3.8) is 0 Å². The third-order valence-electron chi connectivity index (χ3n) is 2.40. The second kappa shape index (κ2) is 7.60. The van der Waals surface area contributed by atoms with Crippen molar-refractivity contribution in [2.75, 3.05) is 26.8 Å². The molecule has 0 spiro atoms. The lowest BCUT2D eigenvalue weighted by atomic mass is 10.3. The zero-order valence-electron chi connectivity index (χ0n) is 11.0. The molecule has 0 saturated carbocycles. The summed E-state index contributed by atoms with van der Waals surface area (Å²) in [6.45, 7) is 5.74. The number of carbonyl (C=O) groups excluding carboxylic acids is 1. The quantitative estimate of drug-likeness (QED) is 0.672. The molecule has 6 nitrogen and oxygen atoms in total. The van der Waals surface area contributed by atoms with Crippen molar-refractivity contribution in [3.8, 4) is 5.88 Å². The van der Waals surface area contributed by atoms with Crippen LogP contribution in [0.2, 0.25) is 0 Å². The molecule has 1 aromatic rings.